The smallest absolute Gasteiger partial charge is 0.268 e. The Balaban J connectivity index is 4.25. The van der Waals surface area contributed by atoms with Crippen LogP contribution in [0.3, 0.4) is 0 Å². The number of rotatable bonds is 51. The number of quaternary nitrogens is 1. The van der Waals surface area contributed by atoms with Crippen LogP contribution in [0.25, 0.3) is 0 Å². The van der Waals surface area contributed by atoms with Crippen molar-refractivity contribution < 1.29 is 32.9 Å². The van der Waals surface area contributed by atoms with E-state index in [4.69, 9.17) is 9.05 Å². The van der Waals surface area contributed by atoms with Gasteiger partial charge in [-0.05, 0) is 32.1 Å². The molecule has 0 rings (SSSR count). The van der Waals surface area contributed by atoms with Gasteiger partial charge in [-0.3, -0.25) is 9.36 Å². The maximum Gasteiger partial charge on any atom is 0.268 e. The van der Waals surface area contributed by atoms with Crippen molar-refractivity contribution in [2.75, 3.05) is 40.9 Å². The van der Waals surface area contributed by atoms with Crippen LogP contribution in [-0.2, 0) is 18.4 Å². The lowest BCUT2D eigenvalue weighted by Gasteiger charge is -2.29. The zero-order valence-corrected chi connectivity index (χ0v) is 44.1. The lowest BCUT2D eigenvalue weighted by molar-refractivity contribution is -0.870. The molecular weight excluding hydrogens is 816 g/mol. The van der Waals surface area contributed by atoms with E-state index < -0.39 is 20.0 Å². The molecule has 380 valence electrons. The number of carbonyl (C=O) groups excluding carboxylic acids is 1. The van der Waals surface area contributed by atoms with E-state index in [1.807, 2.05) is 27.2 Å². The molecule has 0 aromatic carbocycles. The van der Waals surface area contributed by atoms with Crippen LogP contribution in [0.2, 0.25) is 0 Å². The molecule has 3 unspecified atom stereocenters. The summed E-state index contributed by atoms with van der Waals surface area (Å²) in [5.41, 5.74) is 0. The van der Waals surface area contributed by atoms with E-state index in [0.29, 0.717) is 17.4 Å². The van der Waals surface area contributed by atoms with Crippen LogP contribution in [0.4, 0.5) is 0 Å². The summed E-state index contributed by atoms with van der Waals surface area (Å²) in [4.78, 5) is 25.5. The average molecular weight is 925 g/mol. The van der Waals surface area contributed by atoms with Crippen LogP contribution >= 0.6 is 7.82 Å². The molecule has 0 radical (unpaired) electrons. The number of hydrogen-bond donors (Lipinski definition) is 2. The molecule has 0 saturated carbocycles. The van der Waals surface area contributed by atoms with Crippen molar-refractivity contribution in [1.82, 2.24) is 5.32 Å². The van der Waals surface area contributed by atoms with Crippen LogP contribution in [0.5, 0.6) is 0 Å². The topological polar surface area (TPSA) is 108 Å². The minimum atomic E-state index is -4.60. The Morgan fingerprint density at radius 1 is 0.531 bits per heavy atom. The number of likely N-dealkylation sites (N-methyl/N-ethyl adjacent to an activating group) is 1. The van der Waals surface area contributed by atoms with Crippen molar-refractivity contribution in [3.05, 3.63) is 24.3 Å². The van der Waals surface area contributed by atoms with Crippen LogP contribution in [0.1, 0.15) is 271 Å². The zero-order valence-electron chi connectivity index (χ0n) is 43.3. The van der Waals surface area contributed by atoms with Crippen LogP contribution in [-0.4, -0.2) is 68.5 Å². The summed E-state index contributed by atoms with van der Waals surface area (Å²) in [5, 5.41) is 13.9. The van der Waals surface area contributed by atoms with Gasteiger partial charge < -0.3 is 28.8 Å². The second-order valence-electron chi connectivity index (χ2n) is 20.3. The third kappa shape index (κ3) is 48.9. The van der Waals surface area contributed by atoms with Crippen molar-refractivity contribution in [3.63, 3.8) is 0 Å². The molecule has 0 saturated heterocycles. The molecule has 0 aromatic heterocycles. The predicted molar refractivity (Wildman–Crippen MR) is 275 cm³/mol. The number of hydrogen-bond acceptors (Lipinski definition) is 6. The van der Waals surface area contributed by atoms with Crippen LogP contribution < -0.4 is 10.2 Å². The molecule has 0 bridgehead atoms. The van der Waals surface area contributed by atoms with Crippen molar-refractivity contribution in [2.24, 2.45) is 0 Å². The molecule has 8 nitrogen and oxygen atoms in total. The minimum Gasteiger partial charge on any atom is -0.756 e. The van der Waals surface area contributed by atoms with E-state index in [-0.39, 0.29) is 19.1 Å². The first-order valence-corrected chi connectivity index (χ1v) is 29.2. The normalized spacial score (nSPS) is 14.2. The molecule has 9 heteroatoms. The lowest BCUT2D eigenvalue weighted by Crippen LogP contribution is -2.45. The third-order valence-corrected chi connectivity index (χ3v) is 13.6. The maximum absolute atomic E-state index is 12.9. The standard InChI is InChI=1S/C55H109N2O6P/c1-6-8-10-12-14-16-18-20-22-24-26-27-28-29-31-33-35-37-39-41-43-45-47-49-55(59)56-53(52-63-64(60,61)62-51-50-57(3,4)5)54(58)48-46-44-42-40-38-36-34-32-30-25-23-21-19-17-15-13-11-9-7-2/h38,40,46,48,53-54,58H,6-37,39,41-45,47,49-52H2,1-5H3,(H-,56,59,60,61)/b40-38+,48-46+. The summed E-state index contributed by atoms with van der Waals surface area (Å²) in [6, 6.07) is -0.899. The number of phosphoric acid groups is 1. The van der Waals surface area contributed by atoms with E-state index in [0.717, 1.165) is 38.5 Å². The number of unbranched alkanes of at least 4 members (excludes halogenated alkanes) is 36. The first-order chi connectivity index (χ1) is 31.0. The van der Waals surface area contributed by atoms with Gasteiger partial charge >= 0.3 is 0 Å². The molecule has 0 aliphatic rings. The number of amides is 1. The Kier molecular flexibility index (Phi) is 46.3. The molecule has 0 spiro atoms. The Labute approximate surface area is 398 Å². The molecule has 0 heterocycles. The quantitative estimate of drug-likeness (QED) is 0.0272. The molecule has 3 atom stereocenters. The number of carbonyl (C=O) groups is 1. The number of aliphatic hydroxyl groups is 1. The Morgan fingerprint density at radius 2 is 0.875 bits per heavy atom. The summed E-state index contributed by atoms with van der Waals surface area (Å²) in [6.45, 7) is 4.67. The SMILES string of the molecule is CCCCCCCCCCCCCCC/C=C/CC/C=C/C(O)C(COP(=O)([O-])OCC[N+](C)(C)C)NC(=O)CCCCCCCCCCCCCCCCCCCCCCCCC. The van der Waals surface area contributed by atoms with Gasteiger partial charge in [0.05, 0.1) is 39.9 Å². The number of phosphoric ester groups is 1. The minimum absolute atomic E-state index is 0.00380. The largest absolute Gasteiger partial charge is 0.756 e. The van der Waals surface area contributed by atoms with E-state index in [9.17, 15) is 19.4 Å². The second-order valence-corrected chi connectivity index (χ2v) is 21.7. The van der Waals surface area contributed by atoms with Crippen LogP contribution in [0.15, 0.2) is 24.3 Å². The molecular formula is C55H109N2O6P. The fourth-order valence-electron chi connectivity index (χ4n) is 8.29. The molecule has 64 heavy (non-hydrogen) atoms. The van der Waals surface area contributed by atoms with Crippen molar-refractivity contribution in [3.8, 4) is 0 Å². The fraction of sp³-hybridized carbons (Fsp3) is 0.909. The summed E-state index contributed by atoms with van der Waals surface area (Å²) in [7, 11) is 1.26. The van der Waals surface area contributed by atoms with Crippen LogP contribution in [0, 0.1) is 0 Å². The second kappa shape index (κ2) is 47.1. The summed E-state index contributed by atoms with van der Waals surface area (Å²) >= 11 is 0. The van der Waals surface area contributed by atoms with Gasteiger partial charge in [0, 0.05) is 6.42 Å². The zero-order chi connectivity index (χ0) is 47.1. The van der Waals surface area contributed by atoms with E-state index in [1.54, 1.807) is 6.08 Å². The summed E-state index contributed by atoms with van der Waals surface area (Å²) in [6.07, 6.45) is 58.2. The predicted octanol–water partition coefficient (Wildman–Crippen LogP) is 15.8. The first kappa shape index (κ1) is 63.0. The van der Waals surface area contributed by atoms with E-state index >= 15 is 0 Å². The average Bonchev–Trinajstić information content (AvgIpc) is 3.25. The molecule has 2 N–H and O–H groups in total. The Morgan fingerprint density at radius 3 is 1.27 bits per heavy atom. The fourth-order valence-corrected chi connectivity index (χ4v) is 9.01. The van der Waals surface area contributed by atoms with Gasteiger partial charge in [0.2, 0.25) is 5.91 Å². The van der Waals surface area contributed by atoms with Gasteiger partial charge in [-0.1, -0.05) is 256 Å². The maximum atomic E-state index is 12.9. The van der Waals surface area contributed by atoms with Crippen molar-refractivity contribution in [1.29, 1.82) is 0 Å². The van der Waals surface area contributed by atoms with E-state index in [2.05, 4.69) is 31.3 Å². The Hall–Kier alpha value is -1.02. The molecule has 0 aliphatic carbocycles. The van der Waals surface area contributed by atoms with Gasteiger partial charge in [-0.2, -0.15) is 0 Å². The number of allylic oxidation sites excluding steroid dienone is 3. The molecule has 1 amide bonds. The molecule has 0 aliphatic heterocycles. The highest BCUT2D eigenvalue weighted by Crippen LogP contribution is 2.38. The van der Waals surface area contributed by atoms with E-state index in [1.165, 1.54) is 212 Å². The summed E-state index contributed by atoms with van der Waals surface area (Å²) < 4.78 is 23.3. The first-order valence-electron chi connectivity index (χ1n) is 27.7. The van der Waals surface area contributed by atoms with Gasteiger partial charge in [0.25, 0.3) is 7.82 Å². The van der Waals surface area contributed by atoms with Gasteiger partial charge in [-0.15, -0.1) is 0 Å². The van der Waals surface area contributed by atoms with Gasteiger partial charge in [0.1, 0.15) is 13.2 Å². The van der Waals surface area contributed by atoms with Crippen molar-refractivity contribution >= 4 is 13.7 Å². The van der Waals surface area contributed by atoms with Gasteiger partial charge in [0.15, 0.2) is 0 Å². The number of aliphatic hydroxyl groups excluding tert-OH is 1. The highest BCUT2D eigenvalue weighted by Gasteiger charge is 2.23. The monoisotopic (exact) mass is 925 g/mol. The lowest BCUT2D eigenvalue weighted by atomic mass is 10.0. The molecule has 0 aromatic rings. The highest BCUT2D eigenvalue weighted by molar-refractivity contribution is 7.45. The molecule has 0 fully saturated rings. The number of nitrogens with one attached hydrogen (secondary N) is 1. The third-order valence-electron chi connectivity index (χ3n) is 12.7. The highest BCUT2D eigenvalue weighted by atomic mass is 31.2. The van der Waals surface area contributed by atoms with Gasteiger partial charge in [-0.25, -0.2) is 0 Å². The summed E-state index contributed by atoms with van der Waals surface area (Å²) in [5.74, 6) is -0.202. The Bertz CT molecular complexity index is 1090. The van der Waals surface area contributed by atoms with Crippen molar-refractivity contribution in [2.45, 2.75) is 283 Å². The number of nitrogens with zero attached hydrogens (tertiary/aromatic N) is 1.